The summed E-state index contributed by atoms with van der Waals surface area (Å²) in [7, 11) is 0. The topological polar surface area (TPSA) is 17.1 Å². The lowest BCUT2D eigenvalue weighted by atomic mass is 9.93. The summed E-state index contributed by atoms with van der Waals surface area (Å²) >= 11 is 0. The predicted molar refractivity (Wildman–Crippen MR) is 72.8 cm³/mol. The molecule has 1 atom stereocenters. The van der Waals surface area contributed by atoms with Crippen LogP contribution in [-0.4, -0.2) is 5.78 Å². The van der Waals surface area contributed by atoms with E-state index < -0.39 is 0 Å². The van der Waals surface area contributed by atoms with Gasteiger partial charge in [-0.25, -0.2) is 0 Å². The van der Waals surface area contributed by atoms with Gasteiger partial charge in [0.05, 0.1) is 0 Å². The second kappa shape index (κ2) is 5.13. The van der Waals surface area contributed by atoms with Crippen LogP contribution >= 0.6 is 0 Å². The average molecular weight is 226 g/mol. The van der Waals surface area contributed by atoms with Crippen LogP contribution in [0.15, 0.2) is 30.9 Å². The molecule has 0 bridgehead atoms. The van der Waals surface area contributed by atoms with E-state index in [-0.39, 0.29) is 0 Å². The number of ketones is 1. The summed E-state index contributed by atoms with van der Waals surface area (Å²) in [5.74, 6) is 0.820. The van der Waals surface area contributed by atoms with E-state index >= 15 is 0 Å². The molecule has 0 amide bonds. The van der Waals surface area contributed by atoms with Crippen molar-refractivity contribution in [3.05, 3.63) is 47.5 Å². The van der Waals surface area contributed by atoms with Crippen LogP contribution in [-0.2, 0) is 4.79 Å². The Morgan fingerprint density at radius 1 is 1.35 bits per heavy atom. The van der Waals surface area contributed by atoms with Gasteiger partial charge in [-0.1, -0.05) is 43.0 Å². The van der Waals surface area contributed by atoms with Gasteiger partial charge in [0.15, 0.2) is 0 Å². The SMILES string of the molecule is C=Cc1ccc(C2CCC(=O)C2)cc1/C=C\C. The molecule has 17 heavy (non-hydrogen) atoms. The number of allylic oxidation sites excluding steroid dienone is 1. The van der Waals surface area contributed by atoms with Crippen molar-refractivity contribution in [2.75, 3.05) is 0 Å². The van der Waals surface area contributed by atoms with Crippen molar-refractivity contribution < 1.29 is 4.79 Å². The normalized spacial score (nSPS) is 20.1. The number of benzene rings is 1. The third-order valence-electron chi connectivity index (χ3n) is 3.39. The van der Waals surface area contributed by atoms with Gasteiger partial charge in [-0.3, -0.25) is 4.79 Å². The van der Waals surface area contributed by atoms with Crippen LogP contribution in [0, 0.1) is 0 Å². The summed E-state index contributed by atoms with van der Waals surface area (Å²) in [6.45, 7) is 5.84. The zero-order valence-corrected chi connectivity index (χ0v) is 10.3. The fraction of sp³-hybridized carbons (Fsp3) is 0.312. The predicted octanol–water partition coefficient (Wildman–Crippen LogP) is 4.20. The third-order valence-corrected chi connectivity index (χ3v) is 3.39. The Hall–Kier alpha value is -1.63. The third kappa shape index (κ3) is 2.55. The van der Waals surface area contributed by atoms with Gasteiger partial charge in [0.25, 0.3) is 0 Å². The summed E-state index contributed by atoms with van der Waals surface area (Å²) in [5, 5.41) is 0. The largest absolute Gasteiger partial charge is 0.300 e. The minimum Gasteiger partial charge on any atom is -0.300 e. The van der Waals surface area contributed by atoms with E-state index in [1.165, 1.54) is 11.1 Å². The molecule has 2 rings (SSSR count). The molecule has 0 aromatic heterocycles. The van der Waals surface area contributed by atoms with E-state index in [9.17, 15) is 4.79 Å². The Kier molecular flexibility index (Phi) is 3.58. The Bertz CT molecular complexity index is 468. The van der Waals surface area contributed by atoms with Gasteiger partial charge >= 0.3 is 0 Å². The second-order valence-corrected chi connectivity index (χ2v) is 4.57. The Labute approximate surface area is 103 Å². The van der Waals surface area contributed by atoms with Crippen molar-refractivity contribution >= 4 is 17.9 Å². The number of rotatable bonds is 3. The van der Waals surface area contributed by atoms with Gasteiger partial charge in [-0.05, 0) is 36.0 Å². The number of carbonyl (C=O) groups excluding carboxylic acids is 1. The first-order valence-electron chi connectivity index (χ1n) is 6.15. The summed E-state index contributed by atoms with van der Waals surface area (Å²) < 4.78 is 0. The highest BCUT2D eigenvalue weighted by atomic mass is 16.1. The van der Waals surface area contributed by atoms with Gasteiger partial charge in [0, 0.05) is 12.8 Å². The average Bonchev–Trinajstić information content (AvgIpc) is 2.76. The molecule has 1 saturated carbocycles. The molecular weight excluding hydrogens is 208 g/mol. The molecule has 1 heteroatoms. The van der Waals surface area contributed by atoms with E-state index in [1.807, 2.05) is 19.1 Å². The first-order valence-corrected chi connectivity index (χ1v) is 6.15. The van der Waals surface area contributed by atoms with Crippen molar-refractivity contribution in [3.63, 3.8) is 0 Å². The Morgan fingerprint density at radius 3 is 2.76 bits per heavy atom. The van der Waals surface area contributed by atoms with Crippen molar-refractivity contribution in [3.8, 4) is 0 Å². The van der Waals surface area contributed by atoms with E-state index in [4.69, 9.17) is 0 Å². The molecule has 0 N–H and O–H groups in total. The van der Waals surface area contributed by atoms with Crippen molar-refractivity contribution in [1.29, 1.82) is 0 Å². The van der Waals surface area contributed by atoms with Gasteiger partial charge in [0.2, 0.25) is 0 Å². The highest BCUT2D eigenvalue weighted by Crippen LogP contribution is 2.33. The van der Waals surface area contributed by atoms with Crippen LogP contribution in [0.5, 0.6) is 0 Å². The lowest BCUT2D eigenvalue weighted by molar-refractivity contribution is -0.117. The van der Waals surface area contributed by atoms with Crippen molar-refractivity contribution in [2.24, 2.45) is 0 Å². The van der Waals surface area contributed by atoms with E-state index in [1.54, 1.807) is 0 Å². The second-order valence-electron chi connectivity index (χ2n) is 4.57. The number of Topliss-reactive ketones (excluding diaryl/α,β-unsaturated/α-hetero) is 1. The van der Waals surface area contributed by atoms with Crippen molar-refractivity contribution in [1.82, 2.24) is 0 Å². The van der Waals surface area contributed by atoms with Crippen LogP contribution in [0.1, 0.15) is 48.8 Å². The standard InChI is InChI=1S/C16H18O/c1-3-5-13-10-14(7-6-12(13)4-2)15-8-9-16(17)11-15/h3-7,10,15H,2,8-9,11H2,1H3/b5-3-. The van der Waals surface area contributed by atoms with Gasteiger partial charge in [-0.15, -0.1) is 0 Å². The lowest BCUT2D eigenvalue weighted by Crippen LogP contribution is -1.95. The molecule has 0 radical (unpaired) electrons. The van der Waals surface area contributed by atoms with E-state index in [0.29, 0.717) is 18.1 Å². The molecule has 1 unspecified atom stereocenters. The first kappa shape index (κ1) is 11.8. The smallest absolute Gasteiger partial charge is 0.133 e. The van der Waals surface area contributed by atoms with Gasteiger partial charge in [0.1, 0.15) is 5.78 Å². The Morgan fingerprint density at radius 2 is 2.18 bits per heavy atom. The number of carbonyl (C=O) groups is 1. The molecule has 88 valence electrons. The molecular formula is C16H18O. The highest BCUT2D eigenvalue weighted by Gasteiger charge is 2.23. The quantitative estimate of drug-likeness (QED) is 0.755. The molecule has 0 saturated heterocycles. The monoisotopic (exact) mass is 226 g/mol. The van der Waals surface area contributed by atoms with Crippen LogP contribution < -0.4 is 0 Å². The number of hydrogen-bond acceptors (Lipinski definition) is 1. The molecule has 1 aliphatic carbocycles. The van der Waals surface area contributed by atoms with Crippen LogP contribution in [0.2, 0.25) is 0 Å². The summed E-state index contributed by atoms with van der Waals surface area (Å²) in [4.78, 5) is 11.3. The summed E-state index contributed by atoms with van der Waals surface area (Å²) in [6, 6.07) is 6.42. The molecule has 1 aromatic carbocycles. The molecule has 1 fully saturated rings. The fourth-order valence-corrected chi connectivity index (χ4v) is 2.46. The zero-order chi connectivity index (χ0) is 12.3. The van der Waals surface area contributed by atoms with Crippen LogP contribution in [0.25, 0.3) is 12.2 Å². The van der Waals surface area contributed by atoms with Crippen LogP contribution in [0.4, 0.5) is 0 Å². The van der Waals surface area contributed by atoms with Crippen LogP contribution in [0.3, 0.4) is 0 Å². The fourth-order valence-electron chi connectivity index (χ4n) is 2.46. The van der Waals surface area contributed by atoms with Gasteiger partial charge < -0.3 is 0 Å². The summed E-state index contributed by atoms with van der Waals surface area (Å²) in [5.41, 5.74) is 3.63. The van der Waals surface area contributed by atoms with Crippen molar-refractivity contribution in [2.45, 2.75) is 32.1 Å². The number of hydrogen-bond donors (Lipinski definition) is 0. The summed E-state index contributed by atoms with van der Waals surface area (Å²) in [6.07, 6.45) is 8.46. The maximum Gasteiger partial charge on any atom is 0.133 e. The minimum atomic E-state index is 0.399. The molecule has 1 aromatic rings. The van der Waals surface area contributed by atoms with E-state index in [0.717, 1.165) is 18.4 Å². The highest BCUT2D eigenvalue weighted by molar-refractivity contribution is 5.81. The zero-order valence-electron chi connectivity index (χ0n) is 10.3. The molecule has 0 spiro atoms. The molecule has 0 aliphatic heterocycles. The first-order chi connectivity index (χ1) is 8.24. The maximum atomic E-state index is 11.3. The minimum absolute atomic E-state index is 0.399. The van der Waals surface area contributed by atoms with E-state index in [2.05, 4.69) is 30.9 Å². The molecule has 0 heterocycles. The maximum absolute atomic E-state index is 11.3. The Balaban J connectivity index is 2.33. The molecule has 1 aliphatic rings. The lowest BCUT2D eigenvalue weighted by Gasteiger charge is -2.11. The molecule has 1 nitrogen and oxygen atoms in total. The van der Waals surface area contributed by atoms with Gasteiger partial charge in [-0.2, -0.15) is 0 Å².